The van der Waals surface area contributed by atoms with E-state index in [0.29, 0.717) is 71.0 Å². The van der Waals surface area contributed by atoms with Crippen molar-refractivity contribution in [2.75, 3.05) is 32.7 Å². The standard InChI is InChI=1S/C30H62N14O6/c31-14-4-1-10-20(25(46)43-21(11-2-5-15-32)27(48)44-23(28(49)50)12-3-6-16-33)42-26(47)22(13-8-18-40-30(37)38)41-24(45)19(34)9-7-17-39-29(35)36/h19-23H,1-18,31-34H2,(H,41,45)(H,42,47)(H,43,46)(H,44,48)(H,49,50)(H4,35,36,39)(H4,37,38,40). The molecule has 0 fully saturated rings. The number of rotatable bonds is 29. The fourth-order valence-corrected chi connectivity index (χ4v) is 4.79. The van der Waals surface area contributed by atoms with E-state index in [4.69, 9.17) is 45.9 Å². The second-order valence-corrected chi connectivity index (χ2v) is 11.9. The second kappa shape index (κ2) is 27.5. The number of aliphatic imine (C=N–C) groups is 2. The van der Waals surface area contributed by atoms with Crippen LogP contribution in [0.3, 0.4) is 0 Å². The number of carboxylic acid groups (broad SMARTS) is 1. The van der Waals surface area contributed by atoms with Gasteiger partial charge in [-0.1, -0.05) is 0 Å². The van der Waals surface area contributed by atoms with Crippen molar-refractivity contribution in [1.29, 1.82) is 0 Å². The van der Waals surface area contributed by atoms with E-state index in [1.54, 1.807) is 0 Å². The van der Waals surface area contributed by atoms with E-state index in [1.807, 2.05) is 0 Å². The lowest BCUT2D eigenvalue weighted by molar-refractivity contribution is -0.142. The average Bonchev–Trinajstić information content (AvgIpc) is 3.06. The Morgan fingerprint density at radius 2 is 0.800 bits per heavy atom. The molecule has 288 valence electrons. The minimum absolute atomic E-state index is 0.0872. The molecule has 0 aromatic carbocycles. The van der Waals surface area contributed by atoms with Crippen LogP contribution < -0.4 is 67.1 Å². The van der Waals surface area contributed by atoms with E-state index in [9.17, 15) is 29.1 Å². The number of hydrogen-bond donors (Lipinski definition) is 13. The Kier molecular flexibility index (Phi) is 25.2. The second-order valence-electron chi connectivity index (χ2n) is 11.9. The molecule has 5 atom stereocenters. The highest BCUT2D eigenvalue weighted by Crippen LogP contribution is 2.09. The fourth-order valence-electron chi connectivity index (χ4n) is 4.79. The maximum absolute atomic E-state index is 13.7. The molecule has 0 rings (SSSR count). The van der Waals surface area contributed by atoms with Crippen LogP contribution in [-0.4, -0.2) is 110 Å². The summed E-state index contributed by atoms with van der Waals surface area (Å²) in [5, 5.41) is 20.2. The number of carbonyl (C=O) groups is 5. The molecular formula is C30H62N14O6. The molecule has 20 heteroatoms. The number of nitrogens with one attached hydrogen (secondary N) is 4. The number of hydrogen-bond acceptors (Lipinski definition) is 11. The van der Waals surface area contributed by atoms with E-state index in [-0.39, 0.29) is 57.1 Å². The predicted octanol–water partition coefficient (Wildman–Crippen LogP) is -4.17. The highest BCUT2D eigenvalue weighted by atomic mass is 16.4. The van der Waals surface area contributed by atoms with Crippen LogP contribution >= 0.6 is 0 Å². The smallest absolute Gasteiger partial charge is 0.326 e. The molecule has 0 aliphatic carbocycles. The maximum atomic E-state index is 13.7. The minimum atomic E-state index is -1.21. The molecule has 0 heterocycles. The Morgan fingerprint density at radius 3 is 1.16 bits per heavy atom. The highest BCUT2D eigenvalue weighted by molar-refractivity contribution is 5.95. The molecule has 5 unspecified atom stereocenters. The molecule has 50 heavy (non-hydrogen) atoms. The highest BCUT2D eigenvalue weighted by Gasteiger charge is 2.31. The normalized spacial score (nSPS) is 13.8. The summed E-state index contributed by atoms with van der Waals surface area (Å²) in [7, 11) is 0. The lowest BCUT2D eigenvalue weighted by atomic mass is 10.0. The van der Waals surface area contributed by atoms with Crippen LogP contribution in [0.4, 0.5) is 0 Å². The largest absolute Gasteiger partial charge is 0.480 e. The van der Waals surface area contributed by atoms with Gasteiger partial charge >= 0.3 is 5.97 Å². The Bertz CT molecular complexity index is 1080. The van der Waals surface area contributed by atoms with Crippen molar-refractivity contribution in [3.8, 4) is 0 Å². The molecule has 0 aromatic heterocycles. The Labute approximate surface area is 294 Å². The van der Waals surface area contributed by atoms with Gasteiger partial charge in [0.05, 0.1) is 6.04 Å². The maximum Gasteiger partial charge on any atom is 0.326 e. The van der Waals surface area contributed by atoms with Crippen molar-refractivity contribution in [2.45, 2.75) is 114 Å². The van der Waals surface area contributed by atoms with Crippen LogP contribution in [0.1, 0.15) is 83.5 Å². The number of aliphatic carboxylic acids is 1. The van der Waals surface area contributed by atoms with Gasteiger partial charge in [-0.25, -0.2) is 4.79 Å². The number of guanidine groups is 2. The van der Waals surface area contributed by atoms with Gasteiger partial charge < -0.3 is 72.2 Å². The van der Waals surface area contributed by atoms with Gasteiger partial charge in [-0.05, 0) is 103 Å². The van der Waals surface area contributed by atoms with Crippen molar-refractivity contribution in [1.82, 2.24) is 21.3 Å². The first-order valence-electron chi connectivity index (χ1n) is 17.2. The quantitative estimate of drug-likeness (QED) is 0.0199. The van der Waals surface area contributed by atoms with Gasteiger partial charge in [0, 0.05) is 13.1 Å². The van der Waals surface area contributed by atoms with Gasteiger partial charge in [0.2, 0.25) is 23.6 Å². The summed E-state index contributed by atoms with van der Waals surface area (Å²) in [5.41, 5.74) is 44.3. The zero-order chi connectivity index (χ0) is 37.9. The Hall–Kier alpha value is -4.27. The topological polar surface area (TPSA) is 387 Å². The van der Waals surface area contributed by atoms with Crippen molar-refractivity contribution >= 4 is 41.5 Å². The molecule has 0 aliphatic rings. The summed E-state index contributed by atoms with van der Waals surface area (Å²) in [5.74, 6) is -4.05. The minimum Gasteiger partial charge on any atom is -0.480 e. The molecule has 0 aromatic rings. The molecular weight excluding hydrogens is 652 g/mol. The van der Waals surface area contributed by atoms with Gasteiger partial charge in [-0.2, -0.15) is 0 Å². The van der Waals surface area contributed by atoms with Gasteiger partial charge in [0.15, 0.2) is 11.9 Å². The molecule has 4 amide bonds. The lowest BCUT2D eigenvalue weighted by Crippen LogP contribution is -2.58. The summed E-state index contributed by atoms with van der Waals surface area (Å²) in [6.45, 7) is 1.52. The van der Waals surface area contributed by atoms with Crippen molar-refractivity contribution in [3.63, 3.8) is 0 Å². The molecule has 0 radical (unpaired) electrons. The van der Waals surface area contributed by atoms with Gasteiger partial charge in [0.25, 0.3) is 0 Å². The number of carboxylic acids is 1. The third-order valence-corrected chi connectivity index (χ3v) is 7.60. The third-order valence-electron chi connectivity index (χ3n) is 7.60. The van der Waals surface area contributed by atoms with E-state index in [0.717, 1.165) is 0 Å². The molecule has 0 saturated heterocycles. The molecule has 0 aliphatic heterocycles. The van der Waals surface area contributed by atoms with E-state index >= 15 is 0 Å². The first-order chi connectivity index (χ1) is 23.8. The first-order valence-corrected chi connectivity index (χ1v) is 17.2. The summed E-state index contributed by atoms with van der Waals surface area (Å²) in [4.78, 5) is 73.1. The van der Waals surface area contributed by atoms with E-state index in [2.05, 4.69) is 31.3 Å². The van der Waals surface area contributed by atoms with E-state index in [1.165, 1.54) is 0 Å². The third kappa shape index (κ3) is 21.6. The van der Waals surface area contributed by atoms with Gasteiger partial charge in [0.1, 0.15) is 24.2 Å². The van der Waals surface area contributed by atoms with Crippen LogP contribution in [0.2, 0.25) is 0 Å². The number of nitrogens with zero attached hydrogens (tertiary/aromatic N) is 2. The van der Waals surface area contributed by atoms with Crippen molar-refractivity contribution in [3.05, 3.63) is 0 Å². The van der Waals surface area contributed by atoms with Gasteiger partial charge in [-0.15, -0.1) is 0 Å². The molecule has 20 nitrogen and oxygen atoms in total. The fraction of sp³-hybridized carbons (Fsp3) is 0.767. The molecule has 21 N–H and O–H groups in total. The monoisotopic (exact) mass is 714 g/mol. The lowest BCUT2D eigenvalue weighted by Gasteiger charge is -2.26. The van der Waals surface area contributed by atoms with E-state index < -0.39 is 59.8 Å². The zero-order valence-corrected chi connectivity index (χ0v) is 29.1. The predicted molar refractivity (Wildman–Crippen MR) is 192 cm³/mol. The van der Waals surface area contributed by atoms with Crippen LogP contribution in [0.15, 0.2) is 9.98 Å². The molecule has 0 spiro atoms. The molecule has 0 bridgehead atoms. The summed E-state index contributed by atoms with van der Waals surface area (Å²) in [6.07, 6.45) is 4.69. The van der Waals surface area contributed by atoms with Crippen LogP contribution in [0.25, 0.3) is 0 Å². The zero-order valence-electron chi connectivity index (χ0n) is 29.1. The number of nitrogens with two attached hydrogens (primary N) is 8. The van der Waals surface area contributed by atoms with Crippen LogP contribution in [0.5, 0.6) is 0 Å². The van der Waals surface area contributed by atoms with Crippen molar-refractivity contribution < 1.29 is 29.1 Å². The Balaban J connectivity index is 6.01. The number of unbranched alkanes of at least 4 members (excludes halogenated alkanes) is 3. The summed E-state index contributed by atoms with van der Waals surface area (Å²) >= 11 is 0. The van der Waals surface area contributed by atoms with Gasteiger partial charge in [-0.3, -0.25) is 29.2 Å². The average molecular weight is 715 g/mol. The van der Waals surface area contributed by atoms with Crippen molar-refractivity contribution in [2.24, 2.45) is 55.9 Å². The van der Waals surface area contributed by atoms with Crippen LogP contribution in [0, 0.1) is 0 Å². The molecule has 0 saturated carbocycles. The summed E-state index contributed by atoms with van der Waals surface area (Å²) < 4.78 is 0. The summed E-state index contributed by atoms with van der Waals surface area (Å²) in [6, 6.07) is -5.49. The first kappa shape index (κ1) is 45.7. The number of carbonyl (C=O) groups excluding carboxylic acids is 4. The van der Waals surface area contributed by atoms with Crippen LogP contribution in [-0.2, 0) is 24.0 Å². The Morgan fingerprint density at radius 1 is 0.480 bits per heavy atom. The SMILES string of the molecule is NCCCCC(NC(=O)C(CCCCN)NC(=O)C(CCCCN)NC(=O)C(CCCN=C(N)N)NC(=O)C(N)CCCN=C(N)N)C(=O)O. The number of amides is 4.